The number of nitrogens with two attached hydrogens (primary N) is 1. The van der Waals surface area contributed by atoms with Crippen molar-refractivity contribution in [1.29, 1.82) is 0 Å². The number of furan rings is 1. The second-order valence-electron chi connectivity index (χ2n) is 8.42. The van der Waals surface area contributed by atoms with Crippen LogP contribution in [0.4, 0.5) is 5.69 Å². The molecule has 0 saturated carbocycles. The first kappa shape index (κ1) is 18.1. The van der Waals surface area contributed by atoms with E-state index in [2.05, 4.69) is 83.4 Å². The predicted molar refractivity (Wildman–Crippen MR) is 138 cm³/mol. The number of anilines is 1. The molecule has 0 aliphatic heterocycles. The SMILES string of the molecule is Nc1cccc(-c2ccc3c(c2)oc2ccccc23)c1-n1c2ccccc2c2ccccc21. The van der Waals surface area contributed by atoms with Crippen LogP contribution in [-0.4, -0.2) is 4.57 Å². The summed E-state index contributed by atoms with van der Waals surface area (Å²) < 4.78 is 8.47. The minimum absolute atomic E-state index is 0.740. The van der Waals surface area contributed by atoms with Gasteiger partial charge in [0.2, 0.25) is 0 Å². The number of hydrogen-bond donors (Lipinski definition) is 1. The van der Waals surface area contributed by atoms with Crippen LogP contribution in [0.3, 0.4) is 0 Å². The van der Waals surface area contributed by atoms with Crippen LogP contribution in [0.5, 0.6) is 0 Å². The lowest BCUT2D eigenvalue weighted by atomic mass is 10.0. The minimum Gasteiger partial charge on any atom is -0.456 e. The van der Waals surface area contributed by atoms with Gasteiger partial charge in [0.15, 0.2) is 0 Å². The van der Waals surface area contributed by atoms with E-state index in [-0.39, 0.29) is 0 Å². The summed E-state index contributed by atoms with van der Waals surface area (Å²) >= 11 is 0. The van der Waals surface area contributed by atoms with Crippen molar-refractivity contribution in [3.05, 3.63) is 109 Å². The maximum Gasteiger partial charge on any atom is 0.136 e. The average Bonchev–Trinajstić information content (AvgIpc) is 3.39. The number of nitrogen functional groups attached to an aromatic ring is 1. The zero-order valence-corrected chi connectivity index (χ0v) is 17.8. The molecule has 0 aliphatic rings. The van der Waals surface area contributed by atoms with E-state index in [0.29, 0.717) is 0 Å². The lowest BCUT2D eigenvalue weighted by Crippen LogP contribution is -2.02. The first-order chi connectivity index (χ1) is 16.3. The molecule has 0 fully saturated rings. The van der Waals surface area contributed by atoms with Crippen LogP contribution in [0.1, 0.15) is 0 Å². The van der Waals surface area contributed by atoms with Gasteiger partial charge in [-0.25, -0.2) is 0 Å². The zero-order valence-electron chi connectivity index (χ0n) is 17.8. The zero-order chi connectivity index (χ0) is 21.9. The van der Waals surface area contributed by atoms with Crippen molar-refractivity contribution < 1.29 is 4.42 Å². The van der Waals surface area contributed by atoms with Gasteiger partial charge in [0.05, 0.1) is 22.4 Å². The van der Waals surface area contributed by atoms with Crippen molar-refractivity contribution in [2.24, 2.45) is 0 Å². The molecule has 2 aromatic heterocycles. The maximum atomic E-state index is 6.66. The third kappa shape index (κ3) is 2.56. The Morgan fingerprint density at radius 3 is 1.94 bits per heavy atom. The fourth-order valence-corrected chi connectivity index (χ4v) is 5.10. The fraction of sp³-hybridized carbons (Fsp3) is 0. The smallest absolute Gasteiger partial charge is 0.136 e. The number of fused-ring (bicyclic) bond motifs is 6. The Morgan fingerprint density at radius 1 is 0.545 bits per heavy atom. The molecule has 0 bridgehead atoms. The van der Waals surface area contributed by atoms with E-state index < -0.39 is 0 Å². The summed E-state index contributed by atoms with van der Waals surface area (Å²) in [6.07, 6.45) is 0. The quantitative estimate of drug-likeness (QED) is 0.286. The van der Waals surface area contributed by atoms with E-state index in [9.17, 15) is 0 Å². The molecule has 0 radical (unpaired) electrons. The Hall–Kier alpha value is -4.50. The van der Waals surface area contributed by atoms with Gasteiger partial charge in [0, 0.05) is 27.1 Å². The molecule has 3 heteroatoms. The second kappa shape index (κ2) is 6.75. The van der Waals surface area contributed by atoms with Gasteiger partial charge < -0.3 is 14.7 Å². The van der Waals surface area contributed by atoms with Crippen molar-refractivity contribution in [3.8, 4) is 16.8 Å². The van der Waals surface area contributed by atoms with Crippen LogP contribution >= 0.6 is 0 Å². The highest BCUT2D eigenvalue weighted by atomic mass is 16.3. The fourth-order valence-electron chi connectivity index (χ4n) is 5.10. The summed E-state index contributed by atoms with van der Waals surface area (Å²) in [5.74, 6) is 0. The van der Waals surface area contributed by atoms with Crippen molar-refractivity contribution in [1.82, 2.24) is 4.57 Å². The third-order valence-electron chi connectivity index (χ3n) is 6.56. The monoisotopic (exact) mass is 424 g/mol. The maximum absolute atomic E-state index is 6.66. The van der Waals surface area contributed by atoms with Crippen LogP contribution in [-0.2, 0) is 0 Å². The van der Waals surface area contributed by atoms with Gasteiger partial charge in [0.25, 0.3) is 0 Å². The molecule has 0 amide bonds. The van der Waals surface area contributed by atoms with Crippen LogP contribution in [0.15, 0.2) is 114 Å². The molecule has 7 aromatic rings. The normalized spacial score (nSPS) is 11.8. The molecule has 7 rings (SSSR count). The standard InChI is InChI=1S/C30H20N2O/c31-25-12-7-11-20(19-16-17-24-23-10-3-6-15-28(23)33-29(24)18-19)30(25)32-26-13-4-1-8-21(26)22-9-2-5-14-27(22)32/h1-18H,31H2. The molecule has 0 atom stereocenters. The van der Waals surface area contributed by atoms with E-state index in [1.807, 2.05) is 30.3 Å². The van der Waals surface area contributed by atoms with Gasteiger partial charge in [-0.15, -0.1) is 0 Å². The number of para-hydroxylation sites is 4. The Balaban J connectivity index is 1.56. The highest BCUT2D eigenvalue weighted by Gasteiger charge is 2.18. The van der Waals surface area contributed by atoms with Crippen LogP contribution in [0.25, 0.3) is 60.6 Å². The molecule has 2 heterocycles. The van der Waals surface area contributed by atoms with E-state index in [0.717, 1.165) is 55.5 Å². The van der Waals surface area contributed by atoms with E-state index >= 15 is 0 Å². The molecule has 3 nitrogen and oxygen atoms in total. The molecule has 33 heavy (non-hydrogen) atoms. The van der Waals surface area contributed by atoms with Crippen molar-refractivity contribution in [2.45, 2.75) is 0 Å². The summed E-state index contributed by atoms with van der Waals surface area (Å²) in [5, 5.41) is 4.69. The molecule has 0 saturated heterocycles. The molecule has 5 aromatic carbocycles. The van der Waals surface area contributed by atoms with Gasteiger partial charge in [-0.05, 0) is 42.0 Å². The summed E-state index contributed by atoms with van der Waals surface area (Å²) in [6, 6.07) is 37.7. The molecule has 0 unspecified atom stereocenters. The van der Waals surface area contributed by atoms with Gasteiger partial charge in [-0.3, -0.25) is 0 Å². The van der Waals surface area contributed by atoms with Crippen LogP contribution < -0.4 is 5.73 Å². The summed E-state index contributed by atoms with van der Waals surface area (Å²) in [6.45, 7) is 0. The average molecular weight is 425 g/mol. The number of rotatable bonds is 2. The van der Waals surface area contributed by atoms with Gasteiger partial charge in [0.1, 0.15) is 11.2 Å². The summed E-state index contributed by atoms with van der Waals surface area (Å²) in [4.78, 5) is 0. The van der Waals surface area contributed by atoms with Gasteiger partial charge in [-0.2, -0.15) is 0 Å². The highest BCUT2D eigenvalue weighted by Crippen LogP contribution is 2.40. The molecule has 2 N–H and O–H groups in total. The molecule has 0 aliphatic carbocycles. The van der Waals surface area contributed by atoms with Crippen LogP contribution in [0.2, 0.25) is 0 Å². The molecular weight excluding hydrogens is 404 g/mol. The van der Waals surface area contributed by atoms with Crippen molar-refractivity contribution in [2.75, 3.05) is 5.73 Å². The van der Waals surface area contributed by atoms with E-state index in [1.54, 1.807) is 0 Å². The molecular formula is C30H20N2O. The topological polar surface area (TPSA) is 44.1 Å². The van der Waals surface area contributed by atoms with E-state index in [1.165, 1.54) is 10.8 Å². The first-order valence-electron chi connectivity index (χ1n) is 11.1. The molecule has 156 valence electrons. The number of nitrogens with zero attached hydrogens (tertiary/aromatic N) is 1. The number of aromatic nitrogens is 1. The van der Waals surface area contributed by atoms with Crippen molar-refractivity contribution >= 4 is 49.4 Å². The second-order valence-corrected chi connectivity index (χ2v) is 8.42. The Kier molecular flexibility index (Phi) is 3.70. The van der Waals surface area contributed by atoms with Crippen LogP contribution in [0, 0.1) is 0 Å². The largest absolute Gasteiger partial charge is 0.456 e. The van der Waals surface area contributed by atoms with Gasteiger partial charge >= 0.3 is 0 Å². The van der Waals surface area contributed by atoms with E-state index in [4.69, 9.17) is 10.2 Å². The first-order valence-corrected chi connectivity index (χ1v) is 11.1. The number of hydrogen-bond acceptors (Lipinski definition) is 2. The Bertz CT molecular complexity index is 1780. The summed E-state index contributed by atoms with van der Waals surface area (Å²) in [7, 11) is 0. The number of benzene rings is 5. The Morgan fingerprint density at radius 2 is 1.18 bits per heavy atom. The highest BCUT2D eigenvalue weighted by molar-refractivity contribution is 6.11. The summed E-state index contributed by atoms with van der Waals surface area (Å²) in [5.41, 5.74) is 14.6. The van der Waals surface area contributed by atoms with Crippen molar-refractivity contribution in [3.63, 3.8) is 0 Å². The third-order valence-corrected chi connectivity index (χ3v) is 6.56. The predicted octanol–water partition coefficient (Wildman–Crippen LogP) is 7.93. The lowest BCUT2D eigenvalue weighted by Gasteiger charge is -2.16. The van der Waals surface area contributed by atoms with Gasteiger partial charge in [-0.1, -0.05) is 72.8 Å². The lowest BCUT2D eigenvalue weighted by molar-refractivity contribution is 0.669. The minimum atomic E-state index is 0.740. The molecule has 0 spiro atoms. The Labute approximate surface area is 190 Å².